The van der Waals surface area contributed by atoms with Gasteiger partial charge in [0.25, 0.3) is 11.8 Å². The minimum atomic E-state index is -4.81. The largest absolute Gasteiger partial charge is 0.497 e. The molecule has 0 radical (unpaired) electrons. The molecular formula is C23H18F4N2O4. The second-order valence-corrected chi connectivity index (χ2v) is 6.73. The van der Waals surface area contributed by atoms with Crippen molar-refractivity contribution in [2.45, 2.75) is 6.18 Å². The van der Waals surface area contributed by atoms with E-state index in [0.29, 0.717) is 17.6 Å². The fraction of sp³-hybridized carbons (Fsp3) is 0.130. The van der Waals surface area contributed by atoms with Crippen LogP contribution in [0.5, 0.6) is 11.5 Å². The Kier molecular flexibility index (Phi) is 7.17. The number of amides is 2. The number of halogens is 4. The molecular weight excluding hydrogens is 444 g/mol. The molecule has 0 aliphatic carbocycles. The fourth-order valence-electron chi connectivity index (χ4n) is 2.78. The summed E-state index contributed by atoms with van der Waals surface area (Å²) in [7, 11) is 1.49. The van der Waals surface area contributed by atoms with Crippen LogP contribution in [0.1, 0.15) is 15.9 Å². The maximum Gasteiger partial charge on any atom is 0.418 e. The number of alkyl halides is 3. The van der Waals surface area contributed by atoms with E-state index in [1.165, 1.54) is 25.3 Å². The van der Waals surface area contributed by atoms with Gasteiger partial charge in [-0.25, -0.2) is 4.39 Å². The van der Waals surface area contributed by atoms with E-state index in [1.807, 2.05) is 0 Å². The molecule has 172 valence electrons. The van der Waals surface area contributed by atoms with Gasteiger partial charge in [0.2, 0.25) is 0 Å². The van der Waals surface area contributed by atoms with Crippen LogP contribution in [-0.2, 0) is 11.0 Å². The van der Waals surface area contributed by atoms with Crippen molar-refractivity contribution in [3.05, 3.63) is 83.7 Å². The quantitative estimate of drug-likeness (QED) is 0.478. The summed E-state index contributed by atoms with van der Waals surface area (Å²) < 4.78 is 63.9. The summed E-state index contributed by atoms with van der Waals surface area (Å²) in [5.74, 6) is -1.16. The molecule has 0 aliphatic heterocycles. The van der Waals surface area contributed by atoms with E-state index in [4.69, 9.17) is 9.47 Å². The molecule has 2 amide bonds. The molecule has 0 aromatic heterocycles. The lowest BCUT2D eigenvalue weighted by molar-refractivity contribution is -0.137. The fourth-order valence-corrected chi connectivity index (χ4v) is 2.78. The number of carbonyl (C=O) groups is 2. The summed E-state index contributed by atoms with van der Waals surface area (Å²) >= 11 is 0. The molecule has 0 atom stereocenters. The van der Waals surface area contributed by atoms with Crippen molar-refractivity contribution in [2.24, 2.45) is 0 Å². The summed E-state index contributed by atoms with van der Waals surface area (Å²) in [5, 5.41) is 4.48. The Morgan fingerprint density at radius 2 is 1.52 bits per heavy atom. The molecule has 3 aromatic carbocycles. The summed E-state index contributed by atoms with van der Waals surface area (Å²) in [6.07, 6.45) is -4.81. The predicted molar refractivity (Wildman–Crippen MR) is 113 cm³/mol. The molecule has 0 saturated heterocycles. The van der Waals surface area contributed by atoms with Crippen molar-refractivity contribution in [3.8, 4) is 11.5 Å². The van der Waals surface area contributed by atoms with E-state index in [2.05, 4.69) is 10.6 Å². The highest BCUT2D eigenvalue weighted by molar-refractivity contribution is 6.04. The van der Waals surface area contributed by atoms with E-state index < -0.39 is 41.7 Å². The lowest BCUT2D eigenvalue weighted by Gasteiger charge is -2.16. The summed E-state index contributed by atoms with van der Waals surface area (Å²) in [6, 6.07) is 13.7. The molecule has 0 heterocycles. The van der Waals surface area contributed by atoms with E-state index in [1.54, 1.807) is 24.3 Å². The lowest BCUT2D eigenvalue weighted by Crippen LogP contribution is -2.22. The van der Waals surface area contributed by atoms with Gasteiger partial charge >= 0.3 is 6.18 Å². The zero-order chi connectivity index (χ0) is 24.0. The number of methoxy groups -OCH3 is 1. The zero-order valence-corrected chi connectivity index (χ0v) is 17.2. The van der Waals surface area contributed by atoms with Crippen LogP contribution < -0.4 is 20.1 Å². The molecule has 2 N–H and O–H groups in total. The summed E-state index contributed by atoms with van der Waals surface area (Å²) in [4.78, 5) is 24.3. The molecule has 0 fully saturated rings. The van der Waals surface area contributed by atoms with Gasteiger partial charge in [-0.2, -0.15) is 13.2 Å². The third kappa shape index (κ3) is 6.45. The van der Waals surface area contributed by atoms with Gasteiger partial charge in [0.1, 0.15) is 17.3 Å². The molecule has 0 saturated carbocycles. The Morgan fingerprint density at radius 3 is 2.12 bits per heavy atom. The van der Waals surface area contributed by atoms with Crippen molar-refractivity contribution in [1.82, 2.24) is 0 Å². The van der Waals surface area contributed by atoms with Crippen LogP contribution in [-0.4, -0.2) is 25.5 Å². The topological polar surface area (TPSA) is 76.7 Å². The average molecular weight is 462 g/mol. The molecule has 3 aromatic rings. The van der Waals surface area contributed by atoms with Gasteiger partial charge in [-0.15, -0.1) is 0 Å². The highest BCUT2D eigenvalue weighted by Gasteiger charge is 2.34. The Labute approximate surface area is 186 Å². The van der Waals surface area contributed by atoms with Crippen molar-refractivity contribution in [1.29, 1.82) is 0 Å². The van der Waals surface area contributed by atoms with Crippen LogP contribution in [0.4, 0.5) is 28.9 Å². The summed E-state index contributed by atoms with van der Waals surface area (Å²) in [6.45, 7) is -0.521. The minimum Gasteiger partial charge on any atom is -0.497 e. The van der Waals surface area contributed by atoms with Crippen LogP contribution in [0.15, 0.2) is 66.7 Å². The van der Waals surface area contributed by atoms with E-state index >= 15 is 0 Å². The molecule has 6 nitrogen and oxygen atoms in total. The monoisotopic (exact) mass is 462 g/mol. The maximum absolute atomic E-state index is 13.6. The van der Waals surface area contributed by atoms with Gasteiger partial charge < -0.3 is 20.1 Å². The first-order chi connectivity index (χ1) is 15.7. The zero-order valence-electron chi connectivity index (χ0n) is 17.2. The van der Waals surface area contributed by atoms with Crippen LogP contribution >= 0.6 is 0 Å². The first-order valence-electron chi connectivity index (χ1n) is 9.50. The number of rotatable bonds is 7. The van der Waals surface area contributed by atoms with Gasteiger partial charge in [0, 0.05) is 11.3 Å². The molecule has 10 heteroatoms. The smallest absolute Gasteiger partial charge is 0.418 e. The Bertz CT molecular complexity index is 1130. The average Bonchev–Trinajstić information content (AvgIpc) is 2.78. The molecule has 0 unspecified atom stereocenters. The Hall–Kier alpha value is -4.08. The molecule has 0 spiro atoms. The van der Waals surface area contributed by atoms with E-state index in [-0.39, 0.29) is 11.3 Å². The van der Waals surface area contributed by atoms with Crippen LogP contribution in [0.2, 0.25) is 0 Å². The third-order valence-electron chi connectivity index (χ3n) is 4.39. The number of hydrogen-bond donors (Lipinski definition) is 2. The number of ether oxygens (including phenoxy) is 2. The normalized spacial score (nSPS) is 10.9. The van der Waals surface area contributed by atoms with Gasteiger partial charge in [-0.3, -0.25) is 9.59 Å². The van der Waals surface area contributed by atoms with Crippen molar-refractivity contribution < 1.29 is 36.6 Å². The highest BCUT2D eigenvalue weighted by Crippen LogP contribution is 2.36. The van der Waals surface area contributed by atoms with Crippen molar-refractivity contribution in [2.75, 3.05) is 24.4 Å². The molecule has 3 rings (SSSR count). The summed E-state index contributed by atoms with van der Waals surface area (Å²) in [5.41, 5.74) is -1.73. The molecule has 0 aliphatic rings. The third-order valence-corrected chi connectivity index (χ3v) is 4.39. The highest BCUT2D eigenvalue weighted by atomic mass is 19.4. The van der Waals surface area contributed by atoms with Gasteiger partial charge in [0.15, 0.2) is 6.61 Å². The predicted octanol–water partition coefficient (Wildman–Crippen LogP) is 5.12. The lowest BCUT2D eigenvalue weighted by atomic mass is 10.1. The minimum absolute atomic E-state index is 0.0676. The first-order valence-corrected chi connectivity index (χ1v) is 9.50. The number of benzene rings is 3. The number of carbonyl (C=O) groups excluding carboxylic acids is 2. The standard InChI is InChI=1S/C23H18F4N2O4/c1-32-17-7-9-18(10-8-17)33-13-21(30)29-20-11-6-16(12-19(20)23(25,26)27)28-22(31)14-2-4-15(24)5-3-14/h2-12H,13H2,1H3,(H,28,31)(H,29,30). The number of anilines is 2. The number of hydrogen-bond acceptors (Lipinski definition) is 4. The Morgan fingerprint density at radius 1 is 0.879 bits per heavy atom. The van der Waals surface area contributed by atoms with Gasteiger partial charge in [-0.05, 0) is 66.7 Å². The number of nitrogens with one attached hydrogen (secondary N) is 2. The molecule has 0 bridgehead atoms. The second-order valence-electron chi connectivity index (χ2n) is 6.73. The van der Waals surface area contributed by atoms with E-state index in [0.717, 1.165) is 18.2 Å². The van der Waals surface area contributed by atoms with Gasteiger partial charge in [-0.1, -0.05) is 0 Å². The van der Waals surface area contributed by atoms with E-state index in [9.17, 15) is 27.2 Å². The van der Waals surface area contributed by atoms with Crippen molar-refractivity contribution >= 4 is 23.2 Å². The van der Waals surface area contributed by atoms with Crippen LogP contribution in [0, 0.1) is 5.82 Å². The van der Waals surface area contributed by atoms with Crippen LogP contribution in [0.25, 0.3) is 0 Å². The molecule has 33 heavy (non-hydrogen) atoms. The first kappa shape index (κ1) is 23.6. The van der Waals surface area contributed by atoms with Crippen molar-refractivity contribution in [3.63, 3.8) is 0 Å². The SMILES string of the molecule is COc1ccc(OCC(=O)Nc2ccc(NC(=O)c3ccc(F)cc3)cc2C(F)(F)F)cc1. The van der Waals surface area contributed by atoms with Crippen LogP contribution in [0.3, 0.4) is 0 Å². The second kappa shape index (κ2) is 10.0. The maximum atomic E-state index is 13.6. The Balaban J connectivity index is 1.70. The van der Waals surface area contributed by atoms with Gasteiger partial charge in [0.05, 0.1) is 18.4 Å².